The second-order valence-corrected chi connectivity index (χ2v) is 13.1. The highest BCUT2D eigenvalue weighted by molar-refractivity contribution is 6.21. The summed E-state index contributed by atoms with van der Waals surface area (Å²) in [5, 5.41) is 4.85. The van der Waals surface area contributed by atoms with E-state index in [9.17, 15) is 0 Å². The Balaban J connectivity index is 1.26. The van der Waals surface area contributed by atoms with Gasteiger partial charge in [0, 0.05) is 33.6 Å². The number of pyridine rings is 1. The molecule has 4 heteroatoms. The summed E-state index contributed by atoms with van der Waals surface area (Å²) in [7, 11) is 0. The number of nitrogens with zero attached hydrogens (tertiary/aromatic N) is 4. The fourth-order valence-corrected chi connectivity index (χ4v) is 7.40. The molecule has 0 aliphatic carbocycles. The second kappa shape index (κ2) is 13.2. The molecule has 0 aliphatic heterocycles. The van der Waals surface area contributed by atoms with Crippen LogP contribution in [0.25, 0.3) is 89.1 Å². The number of hydrogen-bond acceptors (Lipinski definition) is 4. The SMILES string of the molecule is Cc1ccc(-c2ccccc2-c2nc(-c3ccccc3)nc(-c3cccc(-c4c5ccccc5c(-c5ccccc5)c5ccccc45)c3)n2)c(C)n1. The van der Waals surface area contributed by atoms with Crippen LogP contribution >= 0.6 is 0 Å². The van der Waals surface area contributed by atoms with Crippen LogP contribution in [0.15, 0.2) is 170 Å². The van der Waals surface area contributed by atoms with Crippen molar-refractivity contribution >= 4 is 21.5 Å². The molecule has 0 saturated heterocycles. The first-order valence-electron chi connectivity index (χ1n) is 17.6. The largest absolute Gasteiger partial charge is 0.258 e. The summed E-state index contributed by atoms with van der Waals surface area (Å²) in [6.07, 6.45) is 0. The standard InChI is InChI=1S/C48H34N4/c1-31-28-29-37(32(2)49-31)38-22-9-14-27-43(38)48-51-46(34-18-7-4-8-19-34)50-47(52-48)36-21-15-20-35(30-36)45-41-25-12-10-23-39(41)44(33-16-5-3-6-17-33)40-24-11-13-26-42(40)45/h3-30H,1-2H3. The van der Waals surface area contributed by atoms with Crippen LogP contribution in [0.2, 0.25) is 0 Å². The fraction of sp³-hybridized carbons (Fsp3) is 0.0417. The molecule has 52 heavy (non-hydrogen) atoms. The number of aryl methyl sites for hydroxylation is 2. The first kappa shape index (κ1) is 31.2. The second-order valence-electron chi connectivity index (χ2n) is 13.1. The molecule has 9 aromatic rings. The molecule has 0 unspecified atom stereocenters. The number of fused-ring (bicyclic) bond motifs is 2. The Labute approximate surface area is 303 Å². The summed E-state index contributed by atoms with van der Waals surface area (Å²) in [6.45, 7) is 4.07. The van der Waals surface area contributed by atoms with Crippen molar-refractivity contribution in [2.75, 3.05) is 0 Å². The predicted octanol–water partition coefficient (Wildman–Crippen LogP) is 12.2. The Kier molecular flexibility index (Phi) is 7.90. The third-order valence-electron chi connectivity index (χ3n) is 9.75. The van der Waals surface area contributed by atoms with Crippen molar-refractivity contribution in [1.29, 1.82) is 0 Å². The quantitative estimate of drug-likeness (QED) is 0.166. The molecule has 0 atom stereocenters. The Morgan fingerprint density at radius 2 is 0.769 bits per heavy atom. The minimum Gasteiger partial charge on any atom is -0.258 e. The summed E-state index contributed by atoms with van der Waals surface area (Å²) in [6, 6.07) is 59.5. The fourth-order valence-electron chi connectivity index (χ4n) is 7.40. The third-order valence-corrected chi connectivity index (χ3v) is 9.75. The Bertz CT molecular complexity index is 2700. The molecular weight excluding hydrogens is 633 g/mol. The van der Waals surface area contributed by atoms with Crippen LogP contribution in [-0.2, 0) is 0 Å². The van der Waals surface area contributed by atoms with Crippen LogP contribution in [-0.4, -0.2) is 19.9 Å². The van der Waals surface area contributed by atoms with Gasteiger partial charge in [0.15, 0.2) is 17.5 Å². The Morgan fingerprint density at radius 3 is 1.38 bits per heavy atom. The van der Waals surface area contributed by atoms with Gasteiger partial charge in [-0.2, -0.15) is 0 Å². The van der Waals surface area contributed by atoms with Gasteiger partial charge in [0.05, 0.1) is 0 Å². The lowest BCUT2D eigenvalue weighted by Gasteiger charge is -2.18. The molecule has 9 rings (SSSR count). The van der Waals surface area contributed by atoms with Crippen LogP contribution in [0, 0.1) is 13.8 Å². The maximum absolute atomic E-state index is 5.20. The highest BCUT2D eigenvalue weighted by Gasteiger charge is 2.19. The van der Waals surface area contributed by atoms with Crippen molar-refractivity contribution in [2.24, 2.45) is 0 Å². The van der Waals surface area contributed by atoms with Crippen molar-refractivity contribution in [1.82, 2.24) is 19.9 Å². The molecule has 4 nitrogen and oxygen atoms in total. The summed E-state index contributed by atoms with van der Waals surface area (Å²) in [5.74, 6) is 1.87. The van der Waals surface area contributed by atoms with Gasteiger partial charge in [-0.05, 0) is 75.3 Å². The lowest BCUT2D eigenvalue weighted by molar-refractivity contribution is 1.07. The average molecular weight is 667 g/mol. The average Bonchev–Trinajstić information content (AvgIpc) is 3.20. The molecule has 2 aromatic heterocycles. The zero-order chi connectivity index (χ0) is 35.0. The molecule has 0 saturated carbocycles. The van der Waals surface area contributed by atoms with Crippen molar-refractivity contribution in [3.05, 3.63) is 181 Å². The highest BCUT2D eigenvalue weighted by Crippen LogP contribution is 2.44. The molecule has 0 bridgehead atoms. The number of hydrogen-bond donors (Lipinski definition) is 0. The van der Waals surface area contributed by atoms with Gasteiger partial charge in [0.25, 0.3) is 0 Å². The summed E-state index contributed by atoms with van der Waals surface area (Å²) < 4.78 is 0. The van der Waals surface area contributed by atoms with Gasteiger partial charge in [-0.3, -0.25) is 4.98 Å². The molecular formula is C48H34N4. The molecule has 7 aromatic carbocycles. The van der Waals surface area contributed by atoms with Crippen LogP contribution in [0.1, 0.15) is 11.4 Å². The minimum atomic E-state index is 0.618. The van der Waals surface area contributed by atoms with Crippen LogP contribution in [0.3, 0.4) is 0 Å². The minimum absolute atomic E-state index is 0.618. The van der Waals surface area contributed by atoms with E-state index in [1.165, 1.54) is 38.2 Å². The zero-order valence-electron chi connectivity index (χ0n) is 29.0. The maximum Gasteiger partial charge on any atom is 0.164 e. The molecule has 0 fully saturated rings. The van der Waals surface area contributed by atoms with E-state index in [1.807, 2.05) is 43.3 Å². The van der Waals surface area contributed by atoms with E-state index >= 15 is 0 Å². The van der Waals surface area contributed by atoms with Crippen LogP contribution in [0.5, 0.6) is 0 Å². The Morgan fingerprint density at radius 1 is 0.308 bits per heavy atom. The van der Waals surface area contributed by atoms with Crippen LogP contribution in [0.4, 0.5) is 0 Å². The van der Waals surface area contributed by atoms with Gasteiger partial charge in [-0.15, -0.1) is 0 Å². The topological polar surface area (TPSA) is 51.6 Å². The number of aromatic nitrogens is 4. The van der Waals surface area contributed by atoms with Gasteiger partial charge < -0.3 is 0 Å². The van der Waals surface area contributed by atoms with E-state index < -0.39 is 0 Å². The van der Waals surface area contributed by atoms with Crippen LogP contribution < -0.4 is 0 Å². The lowest BCUT2D eigenvalue weighted by Crippen LogP contribution is -2.01. The smallest absolute Gasteiger partial charge is 0.164 e. The van der Waals surface area contributed by atoms with E-state index in [4.69, 9.17) is 19.9 Å². The van der Waals surface area contributed by atoms with E-state index in [-0.39, 0.29) is 0 Å². The van der Waals surface area contributed by atoms with Crippen molar-refractivity contribution in [3.63, 3.8) is 0 Å². The molecule has 2 heterocycles. The van der Waals surface area contributed by atoms with E-state index in [0.29, 0.717) is 17.5 Å². The molecule has 0 spiro atoms. The predicted molar refractivity (Wildman–Crippen MR) is 215 cm³/mol. The van der Waals surface area contributed by atoms with Crippen molar-refractivity contribution in [2.45, 2.75) is 13.8 Å². The molecule has 0 N–H and O–H groups in total. The monoisotopic (exact) mass is 666 g/mol. The highest BCUT2D eigenvalue weighted by atomic mass is 15.0. The Hall–Kier alpha value is -6.78. The first-order valence-corrected chi connectivity index (χ1v) is 17.6. The molecule has 0 radical (unpaired) electrons. The van der Waals surface area contributed by atoms with Gasteiger partial charge in [0.1, 0.15) is 0 Å². The normalized spacial score (nSPS) is 11.3. The van der Waals surface area contributed by atoms with Crippen molar-refractivity contribution in [3.8, 4) is 67.5 Å². The first-order chi connectivity index (χ1) is 25.6. The third kappa shape index (κ3) is 5.61. The molecule has 0 amide bonds. The van der Waals surface area contributed by atoms with Crippen molar-refractivity contribution < 1.29 is 0 Å². The summed E-state index contributed by atoms with van der Waals surface area (Å²) in [4.78, 5) is 20.2. The lowest BCUT2D eigenvalue weighted by atomic mass is 9.86. The molecule has 0 aliphatic rings. The summed E-state index contributed by atoms with van der Waals surface area (Å²) in [5.41, 5.74) is 11.6. The molecule has 246 valence electrons. The van der Waals surface area contributed by atoms with E-state index in [1.54, 1.807) is 0 Å². The number of benzene rings is 7. The summed E-state index contributed by atoms with van der Waals surface area (Å²) >= 11 is 0. The van der Waals surface area contributed by atoms with E-state index in [0.717, 1.165) is 44.8 Å². The zero-order valence-corrected chi connectivity index (χ0v) is 29.0. The van der Waals surface area contributed by atoms with Gasteiger partial charge in [-0.25, -0.2) is 15.0 Å². The van der Waals surface area contributed by atoms with Gasteiger partial charge >= 0.3 is 0 Å². The maximum atomic E-state index is 5.20. The van der Waals surface area contributed by atoms with E-state index in [2.05, 4.69) is 140 Å². The van der Waals surface area contributed by atoms with Gasteiger partial charge in [-0.1, -0.05) is 158 Å². The number of rotatable bonds is 6. The van der Waals surface area contributed by atoms with Gasteiger partial charge in [0.2, 0.25) is 0 Å².